The van der Waals surface area contributed by atoms with Gasteiger partial charge in [-0.15, -0.1) is 20.5 Å². The van der Waals surface area contributed by atoms with Crippen molar-refractivity contribution in [2.24, 2.45) is 20.5 Å². The van der Waals surface area contributed by atoms with Crippen molar-refractivity contribution < 1.29 is 76.8 Å². The Kier molecular flexibility index (Phi) is 10.0. The van der Waals surface area contributed by atoms with Crippen LogP contribution < -0.4 is 5.32 Å². The fraction of sp³-hybridized carbons (Fsp3) is 0.0400. The molecule has 4 aromatic rings. The van der Waals surface area contributed by atoms with Crippen LogP contribution in [0, 0.1) is 0 Å². The molecule has 0 saturated carbocycles. The number of nitrogens with zero attached hydrogens (tertiary/aromatic N) is 4. The minimum atomic E-state index is -5.50. The smallest absolute Gasteiger partial charge is 0.338 e. The molecule has 0 unspecified atom stereocenters. The van der Waals surface area contributed by atoms with Crippen LogP contribution in [0.4, 0.5) is 28.4 Å². The topological polar surface area (TPSA) is 374 Å². The number of carbonyl (C=O) groups excluding carboxylic acids is 1. The molecule has 51 heavy (non-hydrogen) atoms. The van der Waals surface area contributed by atoms with Crippen LogP contribution in [0.15, 0.2) is 88.6 Å². The second kappa shape index (κ2) is 13.3. The first-order valence-electron chi connectivity index (χ1n) is 12.9. The molecule has 8 N–H and O–H groups in total. The van der Waals surface area contributed by atoms with Gasteiger partial charge in [-0.05, 0) is 53.9 Å². The van der Waals surface area contributed by atoms with Crippen molar-refractivity contribution in [2.75, 3.05) is 5.32 Å². The molecule has 4 rings (SSSR count). The number of fused-ring (bicyclic) bond motifs is 1. The Morgan fingerprint density at radius 1 is 0.608 bits per heavy atom. The molecule has 0 aliphatic carbocycles. The summed E-state index contributed by atoms with van der Waals surface area (Å²) in [5.74, 6) is -5.03. The summed E-state index contributed by atoms with van der Waals surface area (Å²) in [4.78, 5) is 18.4. The lowest BCUT2D eigenvalue weighted by Gasteiger charge is -2.13. The summed E-state index contributed by atoms with van der Waals surface area (Å²) in [5, 5.41) is 46.2. The van der Waals surface area contributed by atoms with E-state index in [0.29, 0.717) is 30.3 Å². The van der Waals surface area contributed by atoms with E-state index < -0.39 is 123 Å². The molecular weight excluding hydrogens is 771 g/mol. The number of benzene rings is 4. The predicted molar refractivity (Wildman–Crippen MR) is 169 cm³/mol. The number of carbonyl (C=O) groups is 2. The molecule has 0 spiro atoms. The van der Waals surface area contributed by atoms with Gasteiger partial charge in [0, 0.05) is 12.6 Å². The highest BCUT2D eigenvalue weighted by Crippen LogP contribution is 2.50. The number of hydrogen-bond donors (Lipinski definition) is 8. The average Bonchev–Trinajstić information content (AvgIpc) is 2.97. The molecule has 22 nitrogen and oxygen atoms in total. The molecule has 0 heterocycles. The Balaban J connectivity index is 2.06. The van der Waals surface area contributed by atoms with Gasteiger partial charge in [-0.1, -0.05) is 0 Å². The standard InChI is InChI=1S/C25H19N5O17S4/c1-10(31)26-12-2-4-15(14(8-12)25(34)35)27-29-21-18(50(42,43)44)6-11-7-19(51(45,46)47)22(24(33)20(11)23(21)32)30-28-16-9-13(48(36,37)38)3-5-17(16)49(39,40)41/h2-9,32-33H,1H3,(H,26,31)(H,34,35)(H,36,37,38)(H,39,40,41)(H,42,43,44)(H,45,46,47)/b29-27+,30-28+. The minimum absolute atomic E-state index is 0.000651. The molecule has 0 fully saturated rings. The number of aromatic hydroxyl groups is 2. The lowest BCUT2D eigenvalue weighted by atomic mass is 10.1. The first kappa shape index (κ1) is 38.3. The van der Waals surface area contributed by atoms with Crippen LogP contribution in [-0.4, -0.2) is 79.1 Å². The van der Waals surface area contributed by atoms with Crippen molar-refractivity contribution in [3.63, 3.8) is 0 Å². The summed E-state index contributed by atoms with van der Waals surface area (Å²) in [5.41, 5.74) is -4.68. The van der Waals surface area contributed by atoms with Crippen LogP contribution in [0.1, 0.15) is 17.3 Å². The largest absolute Gasteiger partial charge is 0.505 e. The van der Waals surface area contributed by atoms with Crippen LogP contribution >= 0.6 is 0 Å². The SMILES string of the molecule is CC(=O)Nc1ccc(/N=N/c2c(S(=O)(=O)O)cc3cc(S(=O)(=O)O)c(/N=N/c4cc(S(=O)(=O)O)ccc4S(=O)(=O)O)c(O)c3c2O)c(C(=O)O)c1. The minimum Gasteiger partial charge on any atom is -0.505 e. The number of rotatable bonds is 10. The van der Waals surface area contributed by atoms with Crippen LogP contribution in [0.3, 0.4) is 0 Å². The Morgan fingerprint density at radius 2 is 1.10 bits per heavy atom. The van der Waals surface area contributed by atoms with E-state index in [0.717, 1.165) is 19.1 Å². The summed E-state index contributed by atoms with van der Waals surface area (Å²) in [6.45, 7) is 1.13. The first-order valence-corrected chi connectivity index (χ1v) is 18.6. The van der Waals surface area contributed by atoms with E-state index >= 15 is 0 Å². The van der Waals surface area contributed by atoms with E-state index in [9.17, 15) is 76.8 Å². The number of azo groups is 2. The van der Waals surface area contributed by atoms with Crippen LogP contribution in [-0.2, 0) is 45.3 Å². The molecule has 0 radical (unpaired) electrons. The predicted octanol–water partition coefficient (Wildman–Crippen LogP) is 3.73. The van der Waals surface area contributed by atoms with Crippen molar-refractivity contribution in [1.82, 2.24) is 0 Å². The summed E-state index contributed by atoms with van der Waals surface area (Å²) in [6, 6.07) is 5.32. The van der Waals surface area contributed by atoms with E-state index in [-0.39, 0.29) is 5.69 Å². The van der Waals surface area contributed by atoms with Crippen molar-refractivity contribution in [1.29, 1.82) is 0 Å². The maximum absolute atomic E-state index is 12.3. The molecule has 0 aliphatic heterocycles. The van der Waals surface area contributed by atoms with E-state index in [1.54, 1.807) is 0 Å². The highest BCUT2D eigenvalue weighted by molar-refractivity contribution is 7.86. The van der Waals surface area contributed by atoms with Gasteiger partial charge in [0.15, 0.2) is 11.5 Å². The van der Waals surface area contributed by atoms with Crippen molar-refractivity contribution in [3.05, 3.63) is 54.1 Å². The summed E-state index contributed by atoms with van der Waals surface area (Å²) in [7, 11) is -21.2. The number of anilines is 1. The van der Waals surface area contributed by atoms with Crippen molar-refractivity contribution >= 4 is 91.6 Å². The quantitative estimate of drug-likeness (QED) is 0.0837. The monoisotopic (exact) mass is 789 g/mol. The summed E-state index contributed by atoms with van der Waals surface area (Å²) < 4.78 is 135. The van der Waals surface area contributed by atoms with Crippen LogP contribution in [0.2, 0.25) is 0 Å². The molecular formula is C25H19N5O17S4. The molecule has 0 aromatic heterocycles. The maximum Gasteiger partial charge on any atom is 0.338 e. The Morgan fingerprint density at radius 3 is 1.53 bits per heavy atom. The summed E-state index contributed by atoms with van der Waals surface area (Å²) in [6.07, 6.45) is 0. The molecule has 0 atom stereocenters. The molecule has 26 heteroatoms. The van der Waals surface area contributed by atoms with Gasteiger partial charge in [-0.3, -0.25) is 23.0 Å². The van der Waals surface area contributed by atoms with Gasteiger partial charge in [0.2, 0.25) is 5.91 Å². The van der Waals surface area contributed by atoms with Gasteiger partial charge >= 0.3 is 5.97 Å². The Bertz CT molecular complexity index is 2690. The van der Waals surface area contributed by atoms with Gasteiger partial charge in [0.25, 0.3) is 40.5 Å². The third kappa shape index (κ3) is 8.29. The summed E-state index contributed by atoms with van der Waals surface area (Å²) >= 11 is 0. The number of amides is 1. The number of nitrogens with one attached hydrogen (secondary N) is 1. The molecule has 0 aliphatic rings. The highest BCUT2D eigenvalue weighted by atomic mass is 32.2. The number of phenols is 2. The highest BCUT2D eigenvalue weighted by Gasteiger charge is 2.29. The Labute approximate surface area is 285 Å². The lowest BCUT2D eigenvalue weighted by Crippen LogP contribution is -2.07. The zero-order valence-corrected chi connectivity index (χ0v) is 28.0. The fourth-order valence-corrected chi connectivity index (χ4v) is 6.70. The second-order valence-corrected chi connectivity index (χ2v) is 15.5. The van der Waals surface area contributed by atoms with Gasteiger partial charge in [0.1, 0.15) is 37.4 Å². The first-order chi connectivity index (χ1) is 23.3. The molecule has 1 amide bonds. The lowest BCUT2D eigenvalue weighted by molar-refractivity contribution is -0.114. The van der Waals surface area contributed by atoms with Gasteiger partial charge in [0.05, 0.1) is 15.8 Å². The number of hydrogen-bond acceptors (Lipinski definition) is 16. The molecule has 0 saturated heterocycles. The maximum atomic E-state index is 12.3. The number of aromatic carboxylic acids is 1. The van der Waals surface area contributed by atoms with E-state index in [2.05, 4.69) is 25.8 Å². The van der Waals surface area contributed by atoms with Gasteiger partial charge in [-0.25, -0.2) is 4.79 Å². The number of carboxylic acids is 1. The second-order valence-electron chi connectivity index (χ2n) is 9.89. The number of carboxylic acid groups (broad SMARTS) is 1. The van der Waals surface area contributed by atoms with Crippen molar-refractivity contribution in [2.45, 2.75) is 26.5 Å². The Hall–Kier alpha value is -5.48. The van der Waals surface area contributed by atoms with Crippen LogP contribution in [0.5, 0.6) is 11.5 Å². The molecule has 0 bridgehead atoms. The van der Waals surface area contributed by atoms with Crippen molar-refractivity contribution in [3.8, 4) is 11.5 Å². The zero-order chi connectivity index (χ0) is 38.4. The number of phenolic OH excluding ortho intramolecular Hbond substituents is 2. The van der Waals surface area contributed by atoms with Gasteiger partial charge in [-0.2, -0.15) is 33.7 Å². The average molecular weight is 790 g/mol. The molecule has 270 valence electrons. The van der Waals surface area contributed by atoms with E-state index in [4.69, 9.17) is 0 Å². The third-order valence-corrected chi connectivity index (χ3v) is 9.86. The third-order valence-electron chi connectivity index (χ3n) is 6.38. The normalized spacial score (nSPS) is 12.9. The fourth-order valence-electron chi connectivity index (χ4n) is 4.28. The van der Waals surface area contributed by atoms with E-state index in [1.807, 2.05) is 0 Å². The molecule has 4 aromatic carbocycles. The van der Waals surface area contributed by atoms with Crippen LogP contribution in [0.25, 0.3) is 10.8 Å². The zero-order valence-electron chi connectivity index (χ0n) is 24.8. The van der Waals surface area contributed by atoms with E-state index in [1.165, 1.54) is 6.07 Å². The van der Waals surface area contributed by atoms with Gasteiger partial charge < -0.3 is 20.6 Å².